The Hall–Kier alpha value is -1.26. The molecule has 0 aliphatic carbocycles. The summed E-state index contributed by atoms with van der Waals surface area (Å²) in [4.78, 5) is 14.4. The van der Waals surface area contributed by atoms with Crippen LogP contribution in [0.4, 0.5) is 5.69 Å². The van der Waals surface area contributed by atoms with Crippen molar-refractivity contribution < 1.29 is 9.53 Å². The molecule has 1 aromatic carbocycles. The summed E-state index contributed by atoms with van der Waals surface area (Å²) >= 11 is 5.96. The second kappa shape index (κ2) is 6.95. The number of ether oxygens (including phenoxy) is 1. The van der Waals surface area contributed by atoms with Crippen molar-refractivity contribution in [3.63, 3.8) is 0 Å². The van der Waals surface area contributed by atoms with Gasteiger partial charge in [0.2, 0.25) is 5.91 Å². The fourth-order valence-electron chi connectivity index (χ4n) is 2.54. The molecule has 1 aromatic rings. The number of nitrogens with one attached hydrogen (secondary N) is 1. The lowest BCUT2D eigenvalue weighted by Gasteiger charge is -2.32. The lowest BCUT2D eigenvalue weighted by atomic mass is 10.0. The summed E-state index contributed by atoms with van der Waals surface area (Å²) in [7, 11) is 1.58. The summed E-state index contributed by atoms with van der Waals surface area (Å²) in [5.74, 6) is 0.591. The Morgan fingerprint density at radius 2 is 2.30 bits per heavy atom. The van der Waals surface area contributed by atoms with Crippen molar-refractivity contribution in [1.82, 2.24) is 4.90 Å². The number of hydrogen-bond donors (Lipinski definition) is 1. The van der Waals surface area contributed by atoms with Gasteiger partial charge in [0.1, 0.15) is 5.75 Å². The lowest BCUT2D eigenvalue weighted by molar-refractivity contribution is -0.118. The summed E-state index contributed by atoms with van der Waals surface area (Å²) < 4.78 is 5.23. The zero-order chi connectivity index (χ0) is 14.5. The van der Waals surface area contributed by atoms with Gasteiger partial charge in [0.15, 0.2) is 0 Å². The molecule has 0 bridgehead atoms. The average Bonchev–Trinajstić information content (AvgIpc) is 2.41. The predicted octanol–water partition coefficient (Wildman–Crippen LogP) is 3.16. The molecular weight excluding hydrogens is 276 g/mol. The van der Waals surface area contributed by atoms with Gasteiger partial charge in [0, 0.05) is 11.1 Å². The van der Waals surface area contributed by atoms with Gasteiger partial charge >= 0.3 is 0 Å². The number of amides is 1. The van der Waals surface area contributed by atoms with Crippen LogP contribution in [-0.2, 0) is 4.79 Å². The second-order valence-corrected chi connectivity index (χ2v) is 5.64. The van der Waals surface area contributed by atoms with E-state index in [-0.39, 0.29) is 5.91 Å². The van der Waals surface area contributed by atoms with Gasteiger partial charge in [-0.25, -0.2) is 0 Å². The molecule has 0 spiro atoms. The van der Waals surface area contributed by atoms with E-state index in [1.165, 1.54) is 6.42 Å². The lowest BCUT2D eigenvalue weighted by Crippen LogP contribution is -2.42. The van der Waals surface area contributed by atoms with E-state index in [4.69, 9.17) is 16.3 Å². The van der Waals surface area contributed by atoms with Gasteiger partial charge in [-0.1, -0.05) is 18.0 Å². The van der Waals surface area contributed by atoms with E-state index in [0.29, 0.717) is 29.0 Å². The van der Waals surface area contributed by atoms with E-state index in [1.54, 1.807) is 25.3 Å². The van der Waals surface area contributed by atoms with Gasteiger partial charge < -0.3 is 10.1 Å². The first kappa shape index (κ1) is 15.1. The largest absolute Gasteiger partial charge is 0.495 e. The number of carbonyl (C=O) groups excluding carboxylic acids is 1. The van der Waals surface area contributed by atoms with Crippen LogP contribution in [0.3, 0.4) is 0 Å². The topological polar surface area (TPSA) is 41.6 Å². The zero-order valence-corrected chi connectivity index (χ0v) is 12.7. The minimum Gasteiger partial charge on any atom is -0.495 e. The average molecular weight is 297 g/mol. The summed E-state index contributed by atoms with van der Waals surface area (Å²) in [6.45, 7) is 3.57. The highest BCUT2D eigenvalue weighted by Crippen LogP contribution is 2.27. The van der Waals surface area contributed by atoms with E-state index in [9.17, 15) is 4.79 Å². The Kier molecular flexibility index (Phi) is 5.26. The number of benzene rings is 1. The molecule has 110 valence electrons. The Labute approximate surface area is 125 Å². The molecule has 2 rings (SSSR count). The van der Waals surface area contributed by atoms with E-state index in [1.807, 2.05) is 0 Å². The molecule has 1 aliphatic heterocycles. The highest BCUT2D eigenvalue weighted by Gasteiger charge is 2.20. The number of rotatable bonds is 4. The quantitative estimate of drug-likeness (QED) is 0.928. The molecule has 1 saturated heterocycles. The van der Waals surface area contributed by atoms with Gasteiger partial charge in [0.25, 0.3) is 0 Å². The van der Waals surface area contributed by atoms with Crippen LogP contribution < -0.4 is 10.1 Å². The number of hydrogen-bond acceptors (Lipinski definition) is 3. The van der Waals surface area contributed by atoms with E-state index < -0.39 is 0 Å². The maximum atomic E-state index is 12.2. The van der Waals surface area contributed by atoms with Crippen LogP contribution in [0, 0.1) is 0 Å². The summed E-state index contributed by atoms with van der Waals surface area (Å²) in [5.41, 5.74) is 0.620. The summed E-state index contributed by atoms with van der Waals surface area (Å²) in [5, 5.41) is 3.46. The molecule has 1 aliphatic rings. The SMILES string of the molecule is COc1ccc(Cl)cc1NC(=O)CN1CCCC[C@H]1C. The molecule has 0 radical (unpaired) electrons. The fraction of sp³-hybridized carbons (Fsp3) is 0.533. The van der Waals surface area contributed by atoms with Gasteiger partial charge in [-0.15, -0.1) is 0 Å². The third-order valence-electron chi connectivity index (χ3n) is 3.72. The standard InChI is InChI=1S/C15H21ClN2O2/c1-11-5-3-4-8-18(11)10-15(19)17-13-9-12(16)6-7-14(13)20-2/h6-7,9,11H,3-5,8,10H2,1-2H3,(H,17,19)/t11-/m1/s1. The normalized spacial score (nSPS) is 19.6. The Bertz CT molecular complexity index is 479. The van der Waals surface area contributed by atoms with Crippen LogP contribution in [0.15, 0.2) is 18.2 Å². The van der Waals surface area contributed by atoms with Crippen LogP contribution in [0.2, 0.25) is 5.02 Å². The van der Waals surface area contributed by atoms with Gasteiger partial charge in [-0.2, -0.15) is 0 Å². The monoisotopic (exact) mass is 296 g/mol. The molecule has 0 aromatic heterocycles. The third-order valence-corrected chi connectivity index (χ3v) is 3.96. The van der Waals surface area contributed by atoms with Crippen molar-refractivity contribution in [2.45, 2.75) is 32.2 Å². The Morgan fingerprint density at radius 1 is 1.50 bits per heavy atom. The van der Waals surface area contributed by atoms with Gasteiger partial charge in [0.05, 0.1) is 19.3 Å². The van der Waals surface area contributed by atoms with E-state index in [2.05, 4.69) is 17.1 Å². The molecule has 4 nitrogen and oxygen atoms in total. The van der Waals surface area contributed by atoms with Crippen molar-refractivity contribution in [3.05, 3.63) is 23.2 Å². The molecule has 1 heterocycles. The molecule has 0 unspecified atom stereocenters. The highest BCUT2D eigenvalue weighted by atomic mass is 35.5. The number of halogens is 1. The van der Waals surface area contributed by atoms with Crippen LogP contribution in [0.1, 0.15) is 26.2 Å². The maximum Gasteiger partial charge on any atom is 0.238 e. The molecular formula is C15H21ClN2O2. The first-order chi connectivity index (χ1) is 9.60. The Balaban J connectivity index is 1.99. The number of piperidine rings is 1. The van der Waals surface area contributed by atoms with Gasteiger partial charge in [-0.3, -0.25) is 9.69 Å². The van der Waals surface area contributed by atoms with Crippen molar-refractivity contribution >= 4 is 23.2 Å². The zero-order valence-electron chi connectivity index (χ0n) is 12.0. The smallest absolute Gasteiger partial charge is 0.238 e. The number of anilines is 1. The number of methoxy groups -OCH3 is 1. The molecule has 0 saturated carbocycles. The fourth-order valence-corrected chi connectivity index (χ4v) is 2.72. The highest BCUT2D eigenvalue weighted by molar-refractivity contribution is 6.31. The van der Waals surface area contributed by atoms with Crippen molar-refractivity contribution in [2.75, 3.05) is 25.5 Å². The summed E-state index contributed by atoms with van der Waals surface area (Å²) in [6, 6.07) is 5.66. The molecule has 5 heteroatoms. The number of nitrogens with zero attached hydrogens (tertiary/aromatic N) is 1. The van der Waals surface area contributed by atoms with Crippen LogP contribution in [-0.4, -0.2) is 37.0 Å². The molecule has 20 heavy (non-hydrogen) atoms. The second-order valence-electron chi connectivity index (χ2n) is 5.21. The molecule has 1 fully saturated rings. The molecule has 1 atom stereocenters. The number of carbonyl (C=O) groups is 1. The predicted molar refractivity (Wildman–Crippen MR) is 81.5 cm³/mol. The first-order valence-electron chi connectivity index (χ1n) is 6.97. The summed E-state index contributed by atoms with van der Waals surface area (Å²) in [6.07, 6.45) is 3.58. The van der Waals surface area contributed by atoms with E-state index >= 15 is 0 Å². The van der Waals surface area contributed by atoms with Crippen molar-refractivity contribution in [2.24, 2.45) is 0 Å². The maximum absolute atomic E-state index is 12.2. The Morgan fingerprint density at radius 3 is 3.00 bits per heavy atom. The van der Waals surface area contributed by atoms with Crippen molar-refractivity contribution in [3.8, 4) is 5.75 Å². The third kappa shape index (κ3) is 3.87. The minimum absolute atomic E-state index is 0.0284. The first-order valence-corrected chi connectivity index (χ1v) is 7.35. The van der Waals surface area contributed by atoms with Crippen LogP contribution in [0.5, 0.6) is 5.75 Å². The van der Waals surface area contributed by atoms with E-state index in [0.717, 1.165) is 19.4 Å². The van der Waals surface area contributed by atoms with Gasteiger partial charge in [-0.05, 0) is 44.5 Å². The van der Waals surface area contributed by atoms with Crippen molar-refractivity contribution in [1.29, 1.82) is 0 Å². The molecule has 1 amide bonds. The van der Waals surface area contributed by atoms with Crippen LogP contribution in [0.25, 0.3) is 0 Å². The van der Waals surface area contributed by atoms with Crippen LogP contribution >= 0.6 is 11.6 Å². The minimum atomic E-state index is -0.0284. The number of likely N-dealkylation sites (tertiary alicyclic amines) is 1. The molecule has 1 N–H and O–H groups in total.